The number of rotatable bonds is 7. The Kier molecular flexibility index (Phi) is 8.72. The lowest BCUT2D eigenvalue weighted by Gasteiger charge is -2.32. The van der Waals surface area contributed by atoms with Gasteiger partial charge in [-0.2, -0.15) is 26.3 Å². The molecule has 0 aliphatic carbocycles. The van der Waals surface area contributed by atoms with Gasteiger partial charge in [-0.25, -0.2) is 4.98 Å². The summed E-state index contributed by atoms with van der Waals surface area (Å²) in [5, 5.41) is 20.1. The summed E-state index contributed by atoms with van der Waals surface area (Å²) in [5.74, 6) is 0.0115. The Morgan fingerprint density at radius 2 is 1.58 bits per heavy atom. The second-order valence-corrected chi connectivity index (χ2v) is 10.8. The van der Waals surface area contributed by atoms with Gasteiger partial charge >= 0.3 is 12.4 Å². The minimum Gasteiger partial charge on any atom is -0.496 e. The van der Waals surface area contributed by atoms with Gasteiger partial charge in [0.1, 0.15) is 11.6 Å². The van der Waals surface area contributed by atoms with Crippen LogP contribution in [-0.2, 0) is 22.6 Å². The highest BCUT2D eigenvalue weighted by molar-refractivity contribution is 6.03. The van der Waals surface area contributed by atoms with E-state index in [1.54, 1.807) is 35.2 Å². The van der Waals surface area contributed by atoms with E-state index in [1.807, 2.05) is 0 Å². The van der Waals surface area contributed by atoms with Gasteiger partial charge in [-0.1, -0.05) is 18.2 Å². The van der Waals surface area contributed by atoms with Crippen molar-refractivity contribution in [2.75, 3.05) is 37.1 Å². The number of likely N-dealkylation sites (N-methyl/N-ethyl adjacent to an activating group) is 1. The number of halogens is 6. The number of alkyl halides is 6. The molecule has 4 rings (SSSR count). The standard InChI is InChI=1S/C30H31F6N3O4/c1-28(2,17-11-18(29(31,32)33)13-19(12-17)30(34,35)36)27(42)38(3)22-15-37-26(39-10-9-24(41)23(39)16-40)14-21(22)20-7-5-6-8-25(20)43-4/h5-8,11-15,23-24,40-41H,9-10,16H2,1-4H3. The number of carbonyl (C=O) groups excluding carboxylic acids is 1. The molecule has 1 aliphatic rings. The number of para-hydroxylation sites is 1. The number of pyridine rings is 1. The highest BCUT2D eigenvalue weighted by Crippen LogP contribution is 2.42. The lowest BCUT2D eigenvalue weighted by atomic mass is 9.81. The summed E-state index contributed by atoms with van der Waals surface area (Å²) in [5.41, 5.74) is -4.19. The fraction of sp³-hybridized carbons (Fsp3) is 0.400. The van der Waals surface area contributed by atoms with E-state index in [4.69, 9.17) is 4.74 Å². The number of nitrogens with zero attached hydrogens (tertiary/aromatic N) is 3. The van der Waals surface area contributed by atoms with Crippen LogP contribution in [0.2, 0.25) is 0 Å². The van der Waals surface area contributed by atoms with Gasteiger partial charge in [0, 0.05) is 24.7 Å². The van der Waals surface area contributed by atoms with E-state index in [0.29, 0.717) is 47.8 Å². The smallest absolute Gasteiger partial charge is 0.416 e. The molecule has 1 fully saturated rings. The van der Waals surface area contributed by atoms with Crippen LogP contribution in [0.25, 0.3) is 11.1 Å². The van der Waals surface area contributed by atoms with Gasteiger partial charge in [0.15, 0.2) is 0 Å². The van der Waals surface area contributed by atoms with Crippen molar-refractivity contribution in [3.63, 3.8) is 0 Å². The van der Waals surface area contributed by atoms with Gasteiger partial charge in [-0.05, 0) is 56.2 Å². The van der Waals surface area contributed by atoms with Crippen molar-refractivity contribution in [1.29, 1.82) is 0 Å². The maximum Gasteiger partial charge on any atom is 0.416 e. The molecule has 7 nitrogen and oxygen atoms in total. The van der Waals surface area contributed by atoms with Crippen LogP contribution < -0.4 is 14.5 Å². The number of aliphatic hydroxyl groups excluding tert-OH is 2. The van der Waals surface area contributed by atoms with Crippen LogP contribution in [0.3, 0.4) is 0 Å². The van der Waals surface area contributed by atoms with Gasteiger partial charge in [-0.3, -0.25) is 4.79 Å². The van der Waals surface area contributed by atoms with Crippen LogP contribution in [0.5, 0.6) is 5.75 Å². The van der Waals surface area contributed by atoms with Gasteiger partial charge in [0.05, 0.1) is 54.3 Å². The summed E-state index contributed by atoms with van der Waals surface area (Å²) >= 11 is 0. The molecule has 1 aromatic heterocycles. The first-order valence-corrected chi connectivity index (χ1v) is 13.3. The molecule has 1 amide bonds. The first-order valence-electron chi connectivity index (χ1n) is 13.3. The van der Waals surface area contributed by atoms with Crippen LogP contribution in [0.1, 0.15) is 37.0 Å². The molecule has 1 saturated heterocycles. The number of anilines is 2. The predicted molar refractivity (Wildman–Crippen MR) is 148 cm³/mol. The molecule has 0 bridgehead atoms. The number of methoxy groups -OCH3 is 1. The Morgan fingerprint density at radius 3 is 2.14 bits per heavy atom. The van der Waals surface area contributed by atoms with E-state index in [-0.39, 0.29) is 18.4 Å². The van der Waals surface area contributed by atoms with Crippen molar-refractivity contribution >= 4 is 17.4 Å². The Morgan fingerprint density at radius 1 is 1.00 bits per heavy atom. The number of hydrogen-bond donors (Lipinski definition) is 2. The Hall–Kier alpha value is -3.84. The van der Waals surface area contributed by atoms with Gasteiger partial charge in [-0.15, -0.1) is 0 Å². The molecule has 3 aromatic rings. The summed E-state index contributed by atoms with van der Waals surface area (Å²) in [6.07, 6.45) is -9.19. The topological polar surface area (TPSA) is 86.1 Å². The molecule has 232 valence electrons. The molecule has 1 aliphatic heterocycles. The van der Waals surface area contributed by atoms with Gasteiger partial charge in [0.2, 0.25) is 5.91 Å². The summed E-state index contributed by atoms with van der Waals surface area (Å²) in [6.45, 7) is 2.56. The fourth-order valence-electron chi connectivity index (χ4n) is 5.25. The van der Waals surface area contributed by atoms with Gasteiger partial charge in [0.25, 0.3) is 0 Å². The van der Waals surface area contributed by atoms with Crippen LogP contribution in [0.4, 0.5) is 37.8 Å². The number of aromatic nitrogens is 1. The lowest BCUT2D eigenvalue weighted by Crippen LogP contribution is -2.42. The minimum absolute atomic E-state index is 0.0190. The van der Waals surface area contributed by atoms with E-state index in [2.05, 4.69) is 4.98 Å². The van der Waals surface area contributed by atoms with Crippen molar-refractivity contribution in [2.45, 2.75) is 50.2 Å². The third-order valence-electron chi connectivity index (χ3n) is 7.77. The van der Waals surface area contributed by atoms with Crippen LogP contribution in [0.15, 0.2) is 54.7 Å². The number of aliphatic hydroxyl groups is 2. The van der Waals surface area contributed by atoms with Crippen molar-refractivity contribution in [3.8, 4) is 16.9 Å². The van der Waals surface area contributed by atoms with E-state index in [9.17, 15) is 41.4 Å². The third-order valence-corrected chi connectivity index (χ3v) is 7.77. The molecule has 43 heavy (non-hydrogen) atoms. The molecule has 0 spiro atoms. The van der Waals surface area contributed by atoms with Gasteiger partial charge < -0.3 is 24.7 Å². The molecule has 2 atom stereocenters. The molecule has 2 unspecified atom stereocenters. The number of benzene rings is 2. The third kappa shape index (κ3) is 6.28. The molecule has 2 aromatic carbocycles. The first-order chi connectivity index (χ1) is 20.0. The first kappa shape index (κ1) is 32.1. The molecule has 2 N–H and O–H groups in total. The Balaban J connectivity index is 1.84. The maximum absolute atomic E-state index is 13.9. The van der Waals surface area contributed by atoms with Crippen molar-refractivity contribution in [3.05, 3.63) is 71.4 Å². The Labute approximate surface area is 244 Å². The lowest BCUT2D eigenvalue weighted by molar-refractivity contribution is -0.143. The molecule has 0 radical (unpaired) electrons. The minimum atomic E-state index is -5.08. The zero-order valence-electron chi connectivity index (χ0n) is 23.8. The summed E-state index contributed by atoms with van der Waals surface area (Å²) in [4.78, 5) is 21.2. The Bertz CT molecular complexity index is 1460. The molecule has 2 heterocycles. The average molecular weight is 612 g/mol. The molecule has 13 heteroatoms. The van der Waals surface area contributed by atoms with E-state index < -0.39 is 52.5 Å². The normalized spacial score (nSPS) is 17.7. The largest absolute Gasteiger partial charge is 0.496 e. The van der Waals surface area contributed by atoms with Crippen molar-refractivity contribution in [2.24, 2.45) is 0 Å². The van der Waals surface area contributed by atoms with E-state index in [1.165, 1.54) is 34.2 Å². The zero-order chi connectivity index (χ0) is 31.9. The fourth-order valence-corrected chi connectivity index (χ4v) is 5.25. The van der Waals surface area contributed by atoms with Crippen molar-refractivity contribution in [1.82, 2.24) is 4.98 Å². The highest BCUT2D eigenvalue weighted by atomic mass is 19.4. The highest BCUT2D eigenvalue weighted by Gasteiger charge is 2.41. The number of amides is 1. The summed E-state index contributed by atoms with van der Waals surface area (Å²) in [7, 11) is 2.80. The summed E-state index contributed by atoms with van der Waals surface area (Å²) < 4.78 is 87.0. The zero-order valence-corrected chi connectivity index (χ0v) is 23.8. The molecular formula is C30H31F6N3O4. The quantitative estimate of drug-likeness (QED) is 0.335. The van der Waals surface area contributed by atoms with E-state index >= 15 is 0 Å². The maximum atomic E-state index is 13.9. The number of ether oxygens (including phenoxy) is 1. The average Bonchev–Trinajstić information content (AvgIpc) is 3.34. The monoisotopic (exact) mass is 611 g/mol. The predicted octanol–water partition coefficient (Wildman–Crippen LogP) is 5.67. The molecule has 0 saturated carbocycles. The summed E-state index contributed by atoms with van der Waals surface area (Å²) in [6, 6.07) is 9.00. The number of carbonyl (C=O) groups is 1. The SMILES string of the molecule is COc1ccccc1-c1cc(N2CCC(O)C2CO)ncc1N(C)C(=O)C(C)(C)c1cc(C(F)(F)F)cc(C(F)(F)F)c1. The molecular weight excluding hydrogens is 580 g/mol. The van der Waals surface area contributed by atoms with E-state index in [0.717, 1.165) is 4.90 Å². The number of hydrogen-bond acceptors (Lipinski definition) is 6. The van der Waals surface area contributed by atoms with Crippen molar-refractivity contribution < 1.29 is 46.1 Å². The van der Waals surface area contributed by atoms with Crippen LogP contribution >= 0.6 is 0 Å². The second kappa shape index (κ2) is 11.7. The van der Waals surface area contributed by atoms with Crippen LogP contribution in [0, 0.1) is 0 Å². The van der Waals surface area contributed by atoms with Crippen LogP contribution in [-0.4, -0.2) is 60.6 Å². The second-order valence-electron chi connectivity index (χ2n) is 10.8.